The minimum atomic E-state index is 0.223. The molecule has 0 aliphatic heterocycles. The van der Waals surface area contributed by atoms with Crippen LogP contribution in [0.1, 0.15) is 19.8 Å². The van der Waals surface area contributed by atoms with E-state index in [9.17, 15) is 0 Å². The van der Waals surface area contributed by atoms with Crippen molar-refractivity contribution in [3.63, 3.8) is 0 Å². The molecule has 3 heteroatoms. The first-order chi connectivity index (χ1) is 5.35. The van der Waals surface area contributed by atoms with Gasteiger partial charge in [-0.25, -0.2) is 0 Å². The fourth-order valence-corrected chi connectivity index (χ4v) is 0.787. The third kappa shape index (κ3) is 5.86. The van der Waals surface area contributed by atoms with Crippen LogP contribution in [0.2, 0.25) is 0 Å². The number of methoxy groups -OCH3 is 1. The van der Waals surface area contributed by atoms with Crippen molar-refractivity contribution < 1.29 is 4.74 Å². The first-order valence-electron chi connectivity index (χ1n) is 3.69. The summed E-state index contributed by atoms with van der Waals surface area (Å²) in [5, 5.41) is 0. The molecule has 0 amide bonds. The summed E-state index contributed by atoms with van der Waals surface area (Å²) < 4.78 is 4.93. The minimum Gasteiger partial charge on any atom is -0.383 e. The van der Waals surface area contributed by atoms with Gasteiger partial charge in [-0.15, -0.1) is 11.8 Å². The molecule has 0 heterocycles. The van der Waals surface area contributed by atoms with Gasteiger partial charge in [0.15, 0.2) is 0 Å². The monoisotopic (exact) mass is 156 g/mol. The van der Waals surface area contributed by atoms with E-state index >= 15 is 0 Å². The molecule has 3 nitrogen and oxygen atoms in total. The lowest BCUT2D eigenvalue weighted by atomic mass is 10.2. The van der Waals surface area contributed by atoms with E-state index in [2.05, 4.69) is 17.3 Å². The van der Waals surface area contributed by atoms with E-state index in [1.807, 2.05) is 6.92 Å². The van der Waals surface area contributed by atoms with Crippen molar-refractivity contribution in [3.05, 3.63) is 0 Å². The number of hydrazine groups is 1. The van der Waals surface area contributed by atoms with E-state index in [0.29, 0.717) is 6.61 Å². The van der Waals surface area contributed by atoms with Gasteiger partial charge in [0.25, 0.3) is 0 Å². The lowest BCUT2D eigenvalue weighted by molar-refractivity contribution is 0.163. The van der Waals surface area contributed by atoms with Crippen LogP contribution in [-0.4, -0.2) is 19.8 Å². The molecule has 0 saturated carbocycles. The highest BCUT2D eigenvalue weighted by molar-refractivity contribution is 4.95. The van der Waals surface area contributed by atoms with E-state index in [-0.39, 0.29) is 6.04 Å². The van der Waals surface area contributed by atoms with Gasteiger partial charge in [0.05, 0.1) is 6.61 Å². The Balaban J connectivity index is 3.40. The predicted molar refractivity (Wildman–Crippen MR) is 45.7 cm³/mol. The Morgan fingerprint density at radius 2 is 2.36 bits per heavy atom. The van der Waals surface area contributed by atoms with E-state index in [0.717, 1.165) is 12.8 Å². The average Bonchev–Trinajstić information content (AvgIpc) is 2.03. The minimum absolute atomic E-state index is 0.223. The Kier molecular flexibility index (Phi) is 7.16. The number of hydrogen-bond donors (Lipinski definition) is 2. The summed E-state index contributed by atoms with van der Waals surface area (Å²) in [5.74, 6) is 11.1. The van der Waals surface area contributed by atoms with Crippen molar-refractivity contribution in [2.45, 2.75) is 25.8 Å². The molecule has 0 aliphatic carbocycles. The van der Waals surface area contributed by atoms with Crippen LogP contribution in [0, 0.1) is 11.8 Å². The molecule has 1 atom stereocenters. The average molecular weight is 156 g/mol. The standard InChI is InChI=1S/C8H16N2O/c1-3-4-5-6-8(10-9)7-11-2/h8,10H,5-7,9H2,1-2H3. The maximum Gasteiger partial charge on any atom is 0.0629 e. The predicted octanol–water partition coefficient (Wildman–Crippen LogP) is 0.268. The lowest BCUT2D eigenvalue weighted by Crippen LogP contribution is -2.38. The summed E-state index contributed by atoms with van der Waals surface area (Å²) in [6.45, 7) is 2.48. The lowest BCUT2D eigenvalue weighted by Gasteiger charge is -2.12. The van der Waals surface area contributed by atoms with Gasteiger partial charge in [0, 0.05) is 19.6 Å². The Hall–Kier alpha value is -0.560. The number of nitrogens with one attached hydrogen (secondary N) is 1. The van der Waals surface area contributed by atoms with Gasteiger partial charge < -0.3 is 4.74 Å². The van der Waals surface area contributed by atoms with Gasteiger partial charge in [-0.3, -0.25) is 11.3 Å². The maximum atomic E-state index is 5.26. The molecule has 0 fully saturated rings. The molecule has 0 bridgehead atoms. The van der Waals surface area contributed by atoms with E-state index in [4.69, 9.17) is 10.6 Å². The van der Waals surface area contributed by atoms with Gasteiger partial charge in [0.1, 0.15) is 0 Å². The highest BCUT2D eigenvalue weighted by atomic mass is 16.5. The van der Waals surface area contributed by atoms with Crippen molar-refractivity contribution >= 4 is 0 Å². The Bertz CT molecular complexity index is 137. The SMILES string of the molecule is CC#CCCC(COC)NN. The molecule has 11 heavy (non-hydrogen) atoms. The van der Waals surface area contributed by atoms with Crippen molar-refractivity contribution in [2.75, 3.05) is 13.7 Å². The molecule has 0 aromatic heterocycles. The first kappa shape index (κ1) is 10.4. The summed E-state index contributed by atoms with van der Waals surface area (Å²) in [6, 6.07) is 0.223. The van der Waals surface area contributed by atoms with Crippen molar-refractivity contribution in [1.82, 2.24) is 5.43 Å². The van der Waals surface area contributed by atoms with Gasteiger partial charge in [-0.1, -0.05) is 0 Å². The second kappa shape index (κ2) is 7.55. The van der Waals surface area contributed by atoms with E-state index < -0.39 is 0 Å². The third-order valence-corrected chi connectivity index (χ3v) is 1.40. The molecule has 0 spiro atoms. The normalized spacial score (nSPS) is 11.9. The molecule has 0 saturated heterocycles. The summed E-state index contributed by atoms with van der Waals surface area (Å²) in [6.07, 6.45) is 1.81. The van der Waals surface area contributed by atoms with Gasteiger partial charge in [0.2, 0.25) is 0 Å². The number of ether oxygens (including phenoxy) is 1. The molecule has 0 aromatic carbocycles. The first-order valence-corrected chi connectivity index (χ1v) is 3.69. The third-order valence-electron chi connectivity index (χ3n) is 1.40. The zero-order valence-electron chi connectivity index (χ0n) is 7.18. The van der Waals surface area contributed by atoms with Crippen LogP contribution >= 0.6 is 0 Å². The quantitative estimate of drug-likeness (QED) is 0.341. The van der Waals surface area contributed by atoms with Crippen molar-refractivity contribution in [2.24, 2.45) is 5.84 Å². The zero-order valence-corrected chi connectivity index (χ0v) is 7.18. The largest absolute Gasteiger partial charge is 0.383 e. The van der Waals surface area contributed by atoms with Crippen LogP contribution in [0.15, 0.2) is 0 Å². The Morgan fingerprint density at radius 1 is 1.64 bits per heavy atom. The van der Waals surface area contributed by atoms with Gasteiger partial charge in [-0.2, -0.15) is 0 Å². The molecular formula is C8H16N2O. The van der Waals surface area contributed by atoms with Crippen LogP contribution in [0.25, 0.3) is 0 Å². The summed E-state index contributed by atoms with van der Waals surface area (Å²) in [4.78, 5) is 0. The number of hydrogen-bond acceptors (Lipinski definition) is 3. The van der Waals surface area contributed by atoms with Crippen molar-refractivity contribution in [3.8, 4) is 11.8 Å². The van der Waals surface area contributed by atoms with E-state index in [1.165, 1.54) is 0 Å². The topological polar surface area (TPSA) is 47.3 Å². The van der Waals surface area contributed by atoms with Crippen molar-refractivity contribution in [1.29, 1.82) is 0 Å². The fraction of sp³-hybridized carbons (Fsp3) is 0.750. The van der Waals surface area contributed by atoms with Crippen LogP contribution in [-0.2, 0) is 4.74 Å². The Morgan fingerprint density at radius 3 is 2.82 bits per heavy atom. The summed E-state index contributed by atoms with van der Waals surface area (Å²) >= 11 is 0. The van der Waals surface area contributed by atoms with Gasteiger partial charge in [-0.05, 0) is 13.3 Å². The molecule has 1 unspecified atom stereocenters. The number of rotatable bonds is 5. The molecule has 3 N–H and O–H groups in total. The molecule has 0 aliphatic rings. The molecule has 0 aromatic rings. The summed E-state index contributed by atoms with van der Waals surface area (Å²) in [7, 11) is 1.66. The molecular weight excluding hydrogens is 140 g/mol. The second-order valence-corrected chi connectivity index (χ2v) is 2.28. The fourth-order valence-electron chi connectivity index (χ4n) is 0.787. The van der Waals surface area contributed by atoms with Crippen LogP contribution in [0.4, 0.5) is 0 Å². The zero-order chi connectivity index (χ0) is 8.53. The van der Waals surface area contributed by atoms with Crippen LogP contribution in [0.5, 0.6) is 0 Å². The smallest absolute Gasteiger partial charge is 0.0629 e. The van der Waals surface area contributed by atoms with Crippen LogP contribution < -0.4 is 11.3 Å². The Labute approximate surface area is 68.3 Å². The number of nitrogens with two attached hydrogens (primary N) is 1. The molecule has 64 valence electrons. The maximum absolute atomic E-state index is 5.26. The molecule has 0 rings (SSSR count). The highest BCUT2D eigenvalue weighted by Gasteiger charge is 2.02. The second-order valence-electron chi connectivity index (χ2n) is 2.28. The summed E-state index contributed by atoms with van der Waals surface area (Å²) in [5.41, 5.74) is 2.67. The van der Waals surface area contributed by atoms with Gasteiger partial charge >= 0.3 is 0 Å². The molecule has 0 radical (unpaired) electrons. The van der Waals surface area contributed by atoms with E-state index in [1.54, 1.807) is 7.11 Å². The van der Waals surface area contributed by atoms with Crippen LogP contribution in [0.3, 0.4) is 0 Å². The highest BCUT2D eigenvalue weighted by Crippen LogP contribution is 1.94.